The fraction of sp³-hybridized carbons (Fsp3) is 0.353. The maximum atomic E-state index is 14.5. The van der Waals surface area contributed by atoms with E-state index in [-0.39, 0.29) is 70.9 Å². The van der Waals surface area contributed by atoms with Crippen LogP contribution in [0, 0.1) is 6.92 Å². The van der Waals surface area contributed by atoms with Crippen LogP contribution < -0.4 is 15.6 Å². The average molecular weight is 738 g/mol. The Labute approximate surface area is 298 Å². The number of likely N-dealkylation sites (tertiary alicyclic amines) is 1. The maximum Gasteiger partial charge on any atom is 0.416 e. The predicted octanol–water partition coefficient (Wildman–Crippen LogP) is 4.76. The van der Waals surface area contributed by atoms with Crippen molar-refractivity contribution in [2.75, 3.05) is 25.5 Å². The van der Waals surface area contributed by atoms with Crippen LogP contribution in [-0.2, 0) is 22.9 Å². The Morgan fingerprint density at radius 1 is 1.15 bits per heavy atom. The number of hydrogen-bond donors (Lipinski definition) is 2. The number of hydrogen-bond acceptors (Lipinski definition) is 10. The largest absolute Gasteiger partial charge is 0.504 e. The van der Waals surface area contributed by atoms with Gasteiger partial charge in [-0.15, -0.1) is 5.10 Å². The van der Waals surface area contributed by atoms with E-state index in [1.165, 1.54) is 19.6 Å². The number of alkyl halides is 3. The first-order valence-corrected chi connectivity index (χ1v) is 16.6. The number of amides is 2. The number of aryl methyl sites for hydroxylation is 1. The molecular weight excluding hydrogens is 707 g/mol. The second-order valence-corrected chi connectivity index (χ2v) is 13.3. The molecule has 0 saturated carbocycles. The molecule has 0 bridgehead atoms. The van der Waals surface area contributed by atoms with Gasteiger partial charge < -0.3 is 24.6 Å². The summed E-state index contributed by atoms with van der Waals surface area (Å²) in [6, 6.07) is 5.96. The Kier molecular flexibility index (Phi) is 8.63. The third-order valence-corrected chi connectivity index (χ3v) is 10.1. The van der Waals surface area contributed by atoms with Crippen molar-refractivity contribution in [1.29, 1.82) is 0 Å². The molecule has 1 saturated heterocycles. The molecule has 5 aromatic rings. The second-order valence-electron chi connectivity index (χ2n) is 12.9. The topological polar surface area (TPSA) is 170 Å². The molecule has 4 aromatic heterocycles. The highest BCUT2D eigenvalue weighted by molar-refractivity contribution is 6.33. The van der Waals surface area contributed by atoms with E-state index < -0.39 is 34.5 Å². The van der Waals surface area contributed by atoms with Crippen LogP contribution in [0.5, 0.6) is 11.6 Å². The first-order chi connectivity index (χ1) is 24.7. The van der Waals surface area contributed by atoms with E-state index in [0.717, 1.165) is 22.7 Å². The summed E-state index contributed by atoms with van der Waals surface area (Å²) in [7, 11) is 1.43. The molecule has 1 aliphatic heterocycles. The molecule has 14 nitrogen and oxygen atoms in total. The molecule has 1 aromatic carbocycles. The van der Waals surface area contributed by atoms with E-state index in [1.807, 2.05) is 6.92 Å². The number of halogens is 4. The van der Waals surface area contributed by atoms with E-state index in [0.29, 0.717) is 36.1 Å². The molecule has 18 heteroatoms. The van der Waals surface area contributed by atoms with Gasteiger partial charge in [0, 0.05) is 36.0 Å². The number of nitrogens with zero attached hydrogens (tertiary/aromatic N) is 8. The highest BCUT2D eigenvalue weighted by atomic mass is 35.5. The lowest BCUT2D eigenvalue weighted by Crippen LogP contribution is -2.46. The molecule has 1 fully saturated rings. The lowest BCUT2D eigenvalue weighted by Gasteiger charge is -2.39. The van der Waals surface area contributed by atoms with E-state index in [2.05, 4.69) is 30.4 Å². The van der Waals surface area contributed by atoms with Crippen LogP contribution >= 0.6 is 11.6 Å². The molecule has 52 heavy (non-hydrogen) atoms. The number of fused-ring (bicyclic) bond motifs is 3. The number of carbonyl (C=O) groups is 2. The molecule has 0 radical (unpaired) electrons. The highest BCUT2D eigenvalue weighted by Gasteiger charge is 2.49. The predicted molar refractivity (Wildman–Crippen MR) is 180 cm³/mol. The Bertz CT molecular complexity index is 2320. The molecule has 2 amide bonds. The van der Waals surface area contributed by atoms with Crippen molar-refractivity contribution >= 4 is 34.9 Å². The first kappa shape index (κ1) is 34.9. The standard InChI is InChI=1S/C34H31ClF3N9O5/c1-17-14-33(8-11-45(12-9-33)31(51)25-27(49)18(2)40-16-41-25)24-26(17)46(15-23(48)42-22-7-6-19(13-21(22)35)34(36,37)38)32-43-28(44-47(32)30(24)50)20-5-4-10-39-29(20)52-3/h4-7,10,13,16-17,49H,8-9,11-12,14-15H2,1-3H3,(H,42,48). The summed E-state index contributed by atoms with van der Waals surface area (Å²) in [4.78, 5) is 59.9. The molecule has 1 unspecified atom stereocenters. The van der Waals surface area contributed by atoms with Crippen molar-refractivity contribution in [2.24, 2.45) is 0 Å². The van der Waals surface area contributed by atoms with Gasteiger partial charge in [-0.1, -0.05) is 18.5 Å². The van der Waals surface area contributed by atoms with E-state index in [9.17, 15) is 32.7 Å². The fourth-order valence-electron chi connectivity index (χ4n) is 7.35. The number of anilines is 1. The van der Waals surface area contributed by atoms with Crippen molar-refractivity contribution < 1.29 is 32.6 Å². The van der Waals surface area contributed by atoms with Gasteiger partial charge in [0.15, 0.2) is 17.3 Å². The maximum absolute atomic E-state index is 14.5. The van der Waals surface area contributed by atoms with Gasteiger partial charge in [0.2, 0.25) is 17.6 Å². The van der Waals surface area contributed by atoms with Crippen molar-refractivity contribution in [3.8, 4) is 23.0 Å². The van der Waals surface area contributed by atoms with Crippen LogP contribution in [0.4, 0.5) is 18.9 Å². The molecule has 7 rings (SSSR count). The van der Waals surface area contributed by atoms with Crippen LogP contribution in [0.2, 0.25) is 5.02 Å². The van der Waals surface area contributed by atoms with Gasteiger partial charge in [-0.3, -0.25) is 14.4 Å². The number of pyridine rings is 1. The Morgan fingerprint density at radius 3 is 2.60 bits per heavy atom. The molecule has 5 heterocycles. The number of methoxy groups -OCH3 is 1. The van der Waals surface area contributed by atoms with Gasteiger partial charge >= 0.3 is 6.18 Å². The third kappa shape index (κ3) is 5.87. The zero-order chi connectivity index (χ0) is 37.1. The lowest BCUT2D eigenvalue weighted by atomic mass is 9.73. The van der Waals surface area contributed by atoms with Crippen LogP contribution in [0.15, 0.2) is 47.7 Å². The summed E-state index contributed by atoms with van der Waals surface area (Å²) in [5.41, 5.74) is -0.546. The van der Waals surface area contributed by atoms with Crippen molar-refractivity contribution in [3.63, 3.8) is 0 Å². The number of nitrogens with one attached hydrogen (secondary N) is 1. The van der Waals surface area contributed by atoms with Crippen LogP contribution in [0.25, 0.3) is 17.2 Å². The smallest absolute Gasteiger partial charge is 0.416 e. The monoisotopic (exact) mass is 737 g/mol. The molecule has 1 atom stereocenters. The lowest BCUT2D eigenvalue weighted by molar-refractivity contribution is -0.137. The average Bonchev–Trinajstić information content (AvgIpc) is 3.68. The first-order valence-electron chi connectivity index (χ1n) is 16.2. The van der Waals surface area contributed by atoms with Gasteiger partial charge in [-0.2, -0.15) is 22.7 Å². The minimum atomic E-state index is -4.62. The van der Waals surface area contributed by atoms with E-state index >= 15 is 0 Å². The highest BCUT2D eigenvalue weighted by Crippen LogP contribution is 2.50. The Hall–Kier alpha value is -5.58. The molecular formula is C34H31ClF3N9O5. The quantitative estimate of drug-likeness (QED) is 0.248. The number of ether oxygens (including phenoxy) is 1. The van der Waals surface area contributed by atoms with E-state index in [1.54, 1.807) is 28.5 Å². The summed E-state index contributed by atoms with van der Waals surface area (Å²) < 4.78 is 47.9. The summed E-state index contributed by atoms with van der Waals surface area (Å²) in [6.45, 7) is 3.63. The summed E-state index contributed by atoms with van der Waals surface area (Å²) in [5, 5.41) is 17.3. The Morgan fingerprint density at radius 2 is 1.90 bits per heavy atom. The van der Waals surface area contributed by atoms with Crippen LogP contribution in [-0.4, -0.2) is 76.1 Å². The van der Waals surface area contributed by atoms with Crippen molar-refractivity contribution in [3.05, 3.63) is 86.4 Å². The summed E-state index contributed by atoms with van der Waals surface area (Å²) in [5.74, 6) is -1.24. The van der Waals surface area contributed by atoms with Gasteiger partial charge in [0.25, 0.3) is 11.5 Å². The number of rotatable bonds is 6. The minimum Gasteiger partial charge on any atom is -0.504 e. The van der Waals surface area contributed by atoms with Gasteiger partial charge in [-0.05, 0) is 62.4 Å². The number of aromatic nitrogens is 7. The van der Waals surface area contributed by atoms with Gasteiger partial charge in [0.1, 0.15) is 12.9 Å². The fourth-order valence-corrected chi connectivity index (χ4v) is 7.58. The minimum absolute atomic E-state index is 0.0258. The van der Waals surface area contributed by atoms with Crippen LogP contribution in [0.3, 0.4) is 0 Å². The van der Waals surface area contributed by atoms with Crippen molar-refractivity contribution in [2.45, 2.75) is 57.2 Å². The van der Waals surface area contributed by atoms with Crippen molar-refractivity contribution in [1.82, 2.24) is 39.0 Å². The molecule has 1 aliphatic carbocycles. The molecule has 2 aliphatic rings. The molecule has 270 valence electrons. The summed E-state index contributed by atoms with van der Waals surface area (Å²) in [6.07, 6.45) is -0.562. The van der Waals surface area contributed by atoms with Gasteiger partial charge in [0.05, 0.1) is 34.6 Å². The van der Waals surface area contributed by atoms with Gasteiger partial charge in [-0.25, -0.2) is 15.0 Å². The molecule has 1 spiro atoms. The zero-order valence-electron chi connectivity index (χ0n) is 28.0. The zero-order valence-corrected chi connectivity index (χ0v) is 28.8. The Balaban J connectivity index is 1.29. The molecule has 2 N–H and O–H groups in total. The number of aromatic hydroxyl groups is 1. The van der Waals surface area contributed by atoms with Crippen LogP contribution in [0.1, 0.15) is 65.1 Å². The second kappa shape index (κ2) is 12.9. The third-order valence-electron chi connectivity index (χ3n) is 9.77. The number of piperidine rings is 1. The normalized spacial score (nSPS) is 16.7. The number of benzene rings is 1. The van der Waals surface area contributed by atoms with E-state index in [4.69, 9.17) is 16.3 Å². The summed E-state index contributed by atoms with van der Waals surface area (Å²) >= 11 is 6.15. The SMILES string of the molecule is COc1ncccc1-c1nc2n(CC(=O)Nc3ccc(C(F)(F)F)cc3Cl)c3c(c(=O)n2n1)C1(CCN(C(=O)c2ncnc(C)c2O)CC1)CC3C. The number of carbonyl (C=O) groups excluding carboxylic acids is 2.